The van der Waals surface area contributed by atoms with Crippen LogP contribution in [0, 0.1) is 12.7 Å². The van der Waals surface area contributed by atoms with Gasteiger partial charge in [0.1, 0.15) is 22.8 Å². The molecule has 0 saturated carbocycles. The van der Waals surface area contributed by atoms with E-state index in [0.29, 0.717) is 22.9 Å². The predicted molar refractivity (Wildman–Crippen MR) is 122 cm³/mol. The molecule has 1 amide bonds. The molecule has 0 atom stereocenters. The van der Waals surface area contributed by atoms with Crippen molar-refractivity contribution in [2.24, 2.45) is 0 Å². The van der Waals surface area contributed by atoms with Crippen molar-refractivity contribution in [1.29, 1.82) is 0 Å². The summed E-state index contributed by atoms with van der Waals surface area (Å²) in [4.78, 5) is 32.4. The number of H-pyrrole nitrogens is 1. The van der Waals surface area contributed by atoms with Gasteiger partial charge in [0.2, 0.25) is 5.95 Å². The smallest absolute Gasteiger partial charge is 0.263 e. The monoisotopic (exact) mass is 459 g/mol. The molecule has 3 aromatic heterocycles. The number of ether oxygens (including phenoxy) is 1. The Morgan fingerprint density at radius 3 is 2.65 bits per heavy atom. The fourth-order valence-electron chi connectivity index (χ4n) is 3.37. The number of anilines is 1. The number of aromatic amines is 1. The van der Waals surface area contributed by atoms with Gasteiger partial charge >= 0.3 is 0 Å². The van der Waals surface area contributed by atoms with E-state index in [2.05, 4.69) is 25.5 Å². The standard InChI is InChI=1S/C23H18FN7O3/c1-14-11-19(26-20(32)13-34-17-5-3-2-4-6-17)31(29-14)23-27-21-18(22(33)28-23)12-25-30(21)16-9-7-15(24)8-10-16/h2-12H,13H2,1H3,(H,26,32)(H,27,28,33). The summed E-state index contributed by atoms with van der Waals surface area (Å²) < 4.78 is 21.6. The number of carbonyl (C=O) groups excluding carboxylic acids is 1. The number of amides is 1. The number of aryl methyl sites for hydroxylation is 1. The Kier molecular flexibility index (Phi) is 5.34. The second-order valence-corrected chi connectivity index (χ2v) is 7.39. The summed E-state index contributed by atoms with van der Waals surface area (Å²) in [6, 6.07) is 16.2. The Morgan fingerprint density at radius 1 is 1.12 bits per heavy atom. The number of halogens is 1. The van der Waals surface area contributed by atoms with E-state index in [9.17, 15) is 14.0 Å². The van der Waals surface area contributed by atoms with Crippen molar-refractivity contribution in [2.45, 2.75) is 6.92 Å². The third-order valence-corrected chi connectivity index (χ3v) is 4.91. The highest BCUT2D eigenvalue weighted by Crippen LogP contribution is 2.18. The Labute approximate surface area is 191 Å². The maximum absolute atomic E-state index is 13.3. The molecule has 0 bridgehead atoms. The fourth-order valence-corrected chi connectivity index (χ4v) is 3.37. The molecule has 3 heterocycles. The number of rotatable bonds is 6. The van der Waals surface area contributed by atoms with Gasteiger partial charge in [0, 0.05) is 6.07 Å². The highest BCUT2D eigenvalue weighted by Gasteiger charge is 2.17. The van der Waals surface area contributed by atoms with Gasteiger partial charge in [-0.2, -0.15) is 19.9 Å². The summed E-state index contributed by atoms with van der Waals surface area (Å²) in [7, 11) is 0. The van der Waals surface area contributed by atoms with E-state index in [4.69, 9.17) is 4.74 Å². The van der Waals surface area contributed by atoms with Crippen LogP contribution in [0.15, 0.2) is 71.7 Å². The first-order valence-electron chi connectivity index (χ1n) is 10.3. The van der Waals surface area contributed by atoms with Gasteiger partial charge in [-0.1, -0.05) is 18.2 Å². The summed E-state index contributed by atoms with van der Waals surface area (Å²) >= 11 is 0. The van der Waals surface area contributed by atoms with E-state index < -0.39 is 17.3 Å². The van der Waals surface area contributed by atoms with Crippen LogP contribution in [0.2, 0.25) is 0 Å². The minimum absolute atomic E-state index is 0.0775. The van der Waals surface area contributed by atoms with Gasteiger partial charge in [0.15, 0.2) is 12.3 Å². The molecule has 11 heteroatoms. The zero-order valence-corrected chi connectivity index (χ0v) is 17.9. The third kappa shape index (κ3) is 4.13. The maximum atomic E-state index is 13.3. The first-order chi connectivity index (χ1) is 16.5. The van der Waals surface area contributed by atoms with Gasteiger partial charge in [-0.25, -0.2) is 9.07 Å². The fraction of sp³-hybridized carbons (Fsp3) is 0.0870. The minimum atomic E-state index is -0.439. The van der Waals surface area contributed by atoms with Crippen LogP contribution in [-0.2, 0) is 4.79 Å². The highest BCUT2D eigenvalue weighted by atomic mass is 19.1. The van der Waals surface area contributed by atoms with E-state index in [1.54, 1.807) is 37.3 Å². The van der Waals surface area contributed by atoms with Crippen molar-refractivity contribution in [2.75, 3.05) is 11.9 Å². The predicted octanol–water partition coefficient (Wildman–Crippen LogP) is 2.76. The van der Waals surface area contributed by atoms with Crippen LogP contribution < -0.4 is 15.6 Å². The molecule has 2 aromatic carbocycles. The van der Waals surface area contributed by atoms with E-state index >= 15 is 0 Å². The van der Waals surface area contributed by atoms with E-state index in [1.807, 2.05) is 6.07 Å². The molecule has 0 aliphatic rings. The lowest BCUT2D eigenvalue weighted by Crippen LogP contribution is -2.23. The third-order valence-electron chi connectivity index (χ3n) is 4.91. The van der Waals surface area contributed by atoms with Crippen LogP contribution in [0.25, 0.3) is 22.7 Å². The number of nitrogens with one attached hydrogen (secondary N) is 2. The second kappa shape index (κ2) is 8.62. The molecule has 0 spiro atoms. The zero-order chi connectivity index (χ0) is 23.7. The Morgan fingerprint density at radius 2 is 1.88 bits per heavy atom. The van der Waals surface area contributed by atoms with E-state index in [-0.39, 0.29) is 23.6 Å². The lowest BCUT2D eigenvalue weighted by atomic mass is 10.3. The van der Waals surface area contributed by atoms with Crippen LogP contribution in [0.4, 0.5) is 10.2 Å². The van der Waals surface area contributed by atoms with Crippen LogP contribution in [0.3, 0.4) is 0 Å². The first kappa shape index (κ1) is 21.1. The lowest BCUT2D eigenvalue weighted by Gasteiger charge is -2.10. The molecule has 0 aliphatic heterocycles. The SMILES string of the molecule is Cc1cc(NC(=O)COc2ccccc2)n(-c2nc3c(cnn3-c3ccc(F)cc3)c(=O)[nH]2)n1. The summed E-state index contributed by atoms with van der Waals surface area (Å²) in [6.45, 7) is 1.53. The number of hydrogen-bond donors (Lipinski definition) is 2. The van der Waals surface area contributed by atoms with Gasteiger partial charge in [-0.3, -0.25) is 14.6 Å². The number of nitrogens with zero attached hydrogens (tertiary/aromatic N) is 5. The average Bonchev–Trinajstić information content (AvgIpc) is 3.42. The van der Waals surface area contributed by atoms with E-state index in [1.165, 1.54) is 39.8 Å². The van der Waals surface area contributed by atoms with Crippen LogP contribution in [0.5, 0.6) is 5.75 Å². The average molecular weight is 459 g/mol. The zero-order valence-electron chi connectivity index (χ0n) is 17.9. The summed E-state index contributed by atoms with van der Waals surface area (Å²) in [5.74, 6) is 0.135. The molecule has 0 unspecified atom stereocenters. The van der Waals surface area contributed by atoms with Crippen molar-refractivity contribution < 1.29 is 13.9 Å². The second-order valence-electron chi connectivity index (χ2n) is 7.39. The highest BCUT2D eigenvalue weighted by molar-refractivity contribution is 5.91. The number of carbonyl (C=O) groups is 1. The normalized spacial score (nSPS) is 11.0. The summed E-state index contributed by atoms with van der Waals surface area (Å²) in [6.07, 6.45) is 1.38. The maximum Gasteiger partial charge on any atom is 0.263 e. The number of para-hydroxylation sites is 1. The van der Waals surface area contributed by atoms with Gasteiger partial charge < -0.3 is 10.1 Å². The molecule has 5 rings (SSSR count). The number of aromatic nitrogens is 6. The van der Waals surface area contributed by atoms with Gasteiger partial charge in [0.05, 0.1) is 17.6 Å². The Balaban J connectivity index is 1.47. The molecule has 0 aliphatic carbocycles. The van der Waals surface area contributed by atoms with Crippen molar-refractivity contribution in [3.05, 3.63) is 88.7 Å². The lowest BCUT2D eigenvalue weighted by molar-refractivity contribution is -0.118. The minimum Gasteiger partial charge on any atom is -0.484 e. The van der Waals surface area contributed by atoms with Crippen LogP contribution >= 0.6 is 0 Å². The molecular weight excluding hydrogens is 441 g/mol. The quantitative estimate of drug-likeness (QED) is 0.403. The molecule has 2 N–H and O–H groups in total. The van der Waals surface area contributed by atoms with Gasteiger partial charge in [0.25, 0.3) is 11.5 Å². The molecule has 0 saturated heterocycles. The van der Waals surface area contributed by atoms with Crippen molar-refractivity contribution in [3.63, 3.8) is 0 Å². The Bertz CT molecular complexity index is 1540. The first-order valence-corrected chi connectivity index (χ1v) is 10.3. The van der Waals surface area contributed by atoms with Crippen LogP contribution in [-0.4, -0.2) is 42.0 Å². The number of hydrogen-bond acceptors (Lipinski definition) is 6. The van der Waals surface area contributed by atoms with Crippen LogP contribution in [0.1, 0.15) is 5.69 Å². The molecule has 34 heavy (non-hydrogen) atoms. The molecule has 5 aromatic rings. The molecule has 10 nitrogen and oxygen atoms in total. The molecule has 0 fully saturated rings. The Hall–Kier alpha value is -4.80. The van der Waals surface area contributed by atoms with E-state index in [0.717, 1.165) is 0 Å². The molecule has 170 valence electrons. The summed E-state index contributed by atoms with van der Waals surface area (Å²) in [5.41, 5.74) is 0.937. The summed E-state index contributed by atoms with van der Waals surface area (Å²) in [5, 5.41) is 11.5. The van der Waals surface area contributed by atoms with Crippen molar-refractivity contribution >= 4 is 22.8 Å². The van der Waals surface area contributed by atoms with Gasteiger partial charge in [-0.05, 0) is 43.3 Å². The number of benzene rings is 2. The van der Waals surface area contributed by atoms with Crippen molar-refractivity contribution in [3.8, 4) is 17.4 Å². The van der Waals surface area contributed by atoms with Gasteiger partial charge in [-0.15, -0.1) is 0 Å². The largest absolute Gasteiger partial charge is 0.484 e. The molecule has 0 radical (unpaired) electrons. The van der Waals surface area contributed by atoms with Crippen molar-refractivity contribution in [1.82, 2.24) is 29.5 Å². The number of fused-ring (bicyclic) bond motifs is 1. The topological polar surface area (TPSA) is 120 Å². The molecular formula is C23H18FN7O3.